The SMILES string of the molecule is CC(C)c1cc(=S)nc(N2CCOCC2)[nH]1. The van der Waals surface area contributed by atoms with Crippen molar-refractivity contribution in [3.05, 3.63) is 16.4 Å². The first-order chi connectivity index (χ1) is 7.66. The first-order valence-corrected chi connectivity index (χ1v) is 6.01. The highest BCUT2D eigenvalue weighted by molar-refractivity contribution is 7.71. The third kappa shape index (κ3) is 2.59. The second-order valence-corrected chi connectivity index (χ2v) is 4.67. The van der Waals surface area contributed by atoms with E-state index in [0.29, 0.717) is 10.6 Å². The molecule has 2 heterocycles. The molecule has 1 saturated heterocycles. The van der Waals surface area contributed by atoms with E-state index in [0.717, 1.165) is 37.9 Å². The van der Waals surface area contributed by atoms with Crippen LogP contribution >= 0.6 is 12.2 Å². The largest absolute Gasteiger partial charge is 0.378 e. The van der Waals surface area contributed by atoms with Gasteiger partial charge in [0.15, 0.2) is 0 Å². The molecule has 0 saturated carbocycles. The highest BCUT2D eigenvalue weighted by Gasteiger charge is 2.14. The van der Waals surface area contributed by atoms with Gasteiger partial charge in [-0.15, -0.1) is 0 Å². The maximum atomic E-state index is 5.32. The molecule has 1 N–H and O–H groups in total. The lowest BCUT2D eigenvalue weighted by Crippen LogP contribution is -2.37. The number of nitrogens with one attached hydrogen (secondary N) is 1. The van der Waals surface area contributed by atoms with E-state index in [1.165, 1.54) is 0 Å². The standard InChI is InChI=1S/C11H17N3OS/c1-8(2)9-7-10(16)13-11(12-9)14-3-5-15-6-4-14/h7-8H,3-6H2,1-2H3,(H,12,13,16). The molecule has 1 fully saturated rings. The monoisotopic (exact) mass is 239 g/mol. The Bertz CT molecular complexity index is 410. The van der Waals surface area contributed by atoms with Crippen molar-refractivity contribution in [2.75, 3.05) is 31.2 Å². The lowest BCUT2D eigenvalue weighted by molar-refractivity contribution is 0.122. The van der Waals surface area contributed by atoms with Crippen molar-refractivity contribution in [2.24, 2.45) is 0 Å². The zero-order valence-corrected chi connectivity index (χ0v) is 10.5. The van der Waals surface area contributed by atoms with Gasteiger partial charge in [0.05, 0.1) is 13.2 Å². The molecule has 0 radical (unpaired) electrons. The number of rotatable bonds is 2. The predicted octanol–water partition coefficient (Wildman–Crippen LogP) is 2.10. The summed E-state index contributed by atoms with van der Waals surface area (Å²) in [5.74, 6) is 1.31. The smallest absolute Gasteiger partial charge is 0.204 e. The van der Waals surface area contributed by atoms with Crippen molar-refractivity contribution in [2.45, 2.75) is 19.8 Å². The van der Waals surface area contributed by atoms with E-state index >= 15 is 0 Å². The summed E-state index contributed by atoms with van der Waals surface area (Å²) in [6, 6.07) is 1.93. The van der Waals surface area contributed by atoms with Crippen molar-refractivity contribution in [1.82, 2.24) is 9.97 Å². The summed E-state index contributed by atoms with van der Waals surface area (Å²) in [6.07, 6.45) is 0. The predicted molar refractivity (Wildman–Crippen MR) is 66.5 cm³/mol. The molecule has 0 aliphatic carbocycles. The second kappa shape index (κ2) is 4.93. The van der Waals surface area contributed by atoms with Crippen LogP contribution in [0.25, 0.3) is 0 Å². The molecule has 1 aliphatic heterocycles. The maximum absolute atomic E-state index is 5.32. The summed E-state index contributed by atoms with van der Waals surface area (Å²) in [5, 5.41) is 0. The molecule has 16 heavy (non-hydrogen) atoms. The van der Waals surface area contributed by atoms with Gasteiger partial charge in [0.1, 0.15) is 4.64 Å². The number of aromatic amines is 1. The molecule has 0 aromatic carbocycles. The number of nitrogens with zero attached hydrogens (tertiary/aromatic N) is 2. The first kappa shape index (κ1) is 11.5. The van der Waals surface area contributed by atoms with Crippen LogP contribution in [0.3, 0.4) is 0 Å². The normalized spacial score (nSPS) is 16.8. The maximum Gasteiger partial charge on any atom is 0.204 e. The molecule has 2 rings (SSSR count). The fraction of sp³-hybridized carbons (Fsp3) is 0.636. The average Bonchev–Trinajstić information content (AvgIpc) is 2.29. The van der Waals surface area contributed by atoms with Gasteiger partial charge < -0.3 is 14.6 Å². The van der Waals surface area contributed by atoms with Gasteiger partial charge in [-0.1, -0.05) is 26.1 Å². The third-order valence-electron chi connectivity index (χ3n) is 2.68. The quantitative estimate of drug-likeness (QED) is 0.802. The minimum atomic E-state index is 0.435. The molecule has 1 aliphatic rings. The Hall–Kier alpha value is -0.940. The Kier molecular flexibility index (Phi) is 3.56. The topological polar surface area (TPSA) is 41.2 Å². The first-order valence-electron chi connectivity index (χ1n) is 5.61. The van der Waals surface area contributed by atoms with E-state index in [2.05, 4.69) is 28.7 Å². The summed E-state index contributed by atoms with van der Waals surface area (Å²) in [5.41, 5.74) is 1.14. The molecule has 0 spiro atoms. The van der Waals surface area contributed by atoms with Gasteiger partial charge in [-0.2, -0.15) is 0 Å². The summed E-state index contributed by atoms with van der Waals surface area (Å²) in [7, 11) is 0. The van der Waals surface area contributed by atoms with Gasteiger partial charge in [-0.3, -0.25) is 0 Å². The highest BCUT2D eigenvalue weighted by atomic mass is 32.1. The number of hydrogen-bond acceptors (Lipinski definition) is 4. The number of morpholine rings is 1. The Labute approximate surface area is 101 Å². The second-order valence-electron chi connectivity index (χ2n) is 4.25. The van der Waals surface area contributed by atoms with Gasteiger partial charge in [0.2, 0.25) is 5.95 Å². The van der Waals surface area contributed by atoms with Crippen LogP contribution in [0.1, 0.15) is 25.5 Å². The van der Waals surface area contributed by atoms with Crippen LogP contribution in [-0.4, -0.2) is 36.3 Å². The molecule has 1 aromatic rings. The molecule has 88 valence electrons. The minimum absolute atomic E-state index is 0.435. The van der Waals surface area contributed by atoms with Gasteiger partial charge in [0.25, 0.3) is 0 Å². The number of ether oxygens (including phenoxy) is 1. The van der Waals surface area contributed by atoms with Crippen LogP contribution in [0.15, 0.2) is 6.07 Å². The van der Waals surface area contributed by atoms with Gasteiger partial charge in [-0.05, 0) is 12.0 Å². The Morgan fingerprint density at radius 3 is 2.75 bits per heavy atom. The zero-order chi connectivity index (χ0) is 11.5. The molecule has 5 heteroatoms. The van der Waals surface area contributed by atoms with Crippen LogP contribution in [0.4, 0.5) is 5.95 Å². The molecule has 0 bridgehead atoms. The minimum Gasteiger partial charge on any atom is -0.378 e. The molecule has 0 unspecified atom stereocenters. The van der Waals surface area contributed by atoms with Crippen molar-refractivity contribution < 1.29 is 4.74 Å². The number of H-pyrrole nitrogens is 1. The van der Waals surface area contributed by atoms with Crippen LogP contribution in [-0.2, 0) is 4.74 Å². The van der Waals surface area contributed by atoms with E-state index in [4.69, 9.17) is 17.0 Å². The summed E-state index contributed by atoms with van der Waals surface area (Å²) in [4.78, 5) is 9.90. The van der Waals surface area contributed by atoms with Crippen LogP contribution in [0, 0.1) is 4.64 Å². The number of hydrogen-bond donors (Lipinski definition) is 1. The van der Waals surface area contributed by atoms with Crippen molar-refractivity contribution >= 4 is 18.2 Å². The number of anilines is 1. The van der Waals surface area contributed by atoms with Crippen LogP contribution in [0.2, 0.25) is 0 Å². The average molecular weight is 239 g/mol. The Balaban J connectivity index is 2.29. The fourth-order valence-corrected chi connectivity index (χ4v) is 1.91. The summed E-state index contributed by atoms with van der Waals surface area (Å²) < 4.78 is 5.98. The molecule has 0 amide bonds. The molecule has 4 nitrogen and oxygen atoms in total. The van der Waals surface area contributed by atoms with E-state index in [9.17, 15) is 0 Å². The van der Waals surface area contributed by atoms with Crippen molar-refractivity contribution in [3.63, 3.8) is 0 Å². The van der Waals surface area contributed by atoms with E-state index in [-0.39, 0.29) is 0 Å². The summed E-state index contributed by atoms with van der Waals surface area (Å²) in [6.45, 7) is 7.55. The highest BCUT2D eigenvalue weighted by Crippen LogP contribution is 2.16. The molecular weight excluding hydrogens is 222 g/mol. The number of aromatic nitrogens is 2. The van der Waals surface area contributed by atoms with Crippen molar-refractivity contribution in [3.8, 4) is 0 Å². The third-order valence-corrected chi connectivity index (χ3v) is 2.89. The summed E-state index contributed by atoms with van der Waals surface area (Å²) >= 11 is 5.19. The Morgan fingerprint density at radius 2 is 2.12 bits per heavy atom. The molecule has 1 aromatic heterocycles. The van der Waals surface area contributed by atoms with E-state index in [1.54, 1.807) is 0 Å². The molecule has 0 atom stereocenters. The lowest BCUT2D eigenvalue weighted by Gasteiger charge is -2.27. The zero-order valence-electron chi connectivity index (χ0n) is 9.69. The van der Waals surface area contributed by atoms with E-state index in [1.807, 2.05) is 6.07 Å². The lowest BCUT2D eigenvalue weighted by atomic mass is 10.1. The Morgan fingerprint density at radius 1 is 1.44 bits per heavy atom. The fourth-order valence-electron chi connectivity index (χ4n) is 1.70. The van der Waals surface area contributed by atoms with Crippen LogP contribution in [0.5, 0.6) is 0 Å². The van der Waals surface area contributed by atoms with Gasteiger partial charge >= 0.3 is 0 Å². The van der Waals surface area contributed by atoms with Crippen molar-refractivity contribution in [1.29, 1.82) is 0 Å². The van der Waals surface area contributed by atoms with Crippen LogP contribution < -0.4 is 4.90 Å². The van der Waals surface area contributed by atoms with E-state index < -0.39 is 0 Å². The van der Waals surface area contributed by atoms with Gasteiger partial charge in [-0.25, -0.2) is 4.98 Å². The van der Waals surface area contributed by atoms with Gasteiger partial charge in [0, 0.05) is 18.8 Å². The molecular formula is C11H17N3OS.